The fraction of sp³-hybridized carbons (Fsp3) is 0.500. The molecule has 1 heterocycles. The average molecular weight is 293 g/mol. The van der Waals surface area contributed by atoms with Crippen molar-refractivity contribution in [3.63, 3.8) is 0 Å². The van der Waals surface area contributed by atoms with Gasteiger partial charge in [0.2, 0.25) is 0 Å². The Balaban J connectivity index is 2.18. The van der Waals surface area contributed by atoms with E-state index < -0.39 is 11.8 Å². The molecule has 21 heavy (non-hydrogen) atoms. The molecule has 4 nitrogen and oxygen atoms in total. The van der Waals surface area contributed by atoms with Gasteiger partial charge < -0.3 is 10.0 Å². The van der Waals surface area contributed by atoms with Crippen LogP contribution in [0.3, 0.4) is 0 Å². The lowest BCUT2D eigenvalue weighted by Gasteiger charge is -2.35. The van der Waals surface area contributed by atoms with Crippen LogP contribution in [0.2, 0.25) is 0 Å². The Labute approximate surface area is 123 Å². The highest BCUT2D eigenvalue weighted by molar-refractivity contribution is 5.95. The van der Waals surface area contributed by atoms with Crippen molar-refractivity contribution in [2.24, 2.45) is 0 Å². The van der Waals surface area contributed by atoms with Crippen molar-refractivity contribution in [1.29, 1.82) is 0 Å². The summed E-state index contributed by atoms with van der Waals surface area (Å²) in [5, 5.41) is 8.80. The number of nitrogens with zero attached hydrogens (tertiary/aromatic N) is 1. The molecule has 2 rings (SSSR count). The molecule has 114 valence electrons. The second kappa shape index (κ2) is 6.70. The molecule has 1 aliphatic heterocycles. The molecule has 0 bridgehead atoms. The van der Waals surface area contributed by atoms with Gasteiger partial charge in [-0.25, -0.2) is 4.39 Å². The molecular formula is C16H20FNO3. The van der Waals surface area contributed by atoms with Crippen molar-refractivity contribution < 1.29 is 19.1 Å². The number of benzene rings is 1. The first-order valence-electron chi connectivity index (χ1n) is 7.28. The van der Waals surface area contributed by atoms with E-state index in [1.54, 1.807) is 17.0 Å². The number of aryl methyl sites for hydroxylation is 1. The molecule has 0 saturated carbocycles. The topological polar surface area (TPSA) is 57.6 Å². The quantitative estimate of drug-likeness (QED) is 0.928. The van der Waals surface area contributed by atoms with E-state index in [0.29, 0.717) is 13.0 Å². The minimum absolute atomic E-state index is 0.0325. The number of piperidine rings is 1. The van der Waals surface area contributed by atoms with Gasteiger partial charge in [0.05, 0.1) is 5.56 Å². The number of carboxylic acids is 1. The number of halogens is 1. The zero-order valence-electron chi connectivity index (χ0n) is 12.1. The molecule has 1 N–H and O–H groups in total. The maximum Gasteiger partial charge on any atom is 0.303 e. The summed E-state index contributed by atoms with van der Waals surface area (Å²) < 4.78 is 13.9. The molecule has 1 aliphatic rings. The normalized spacial score (nSPS) is 18.6. The van der Waals surface area contributed by atoms with Gasteiger partial charge in [0, 0.05) is 19.0 Å². The molecule has 5 heteroatoms. The Morgan fingerprint density at radius 3 is 2.86 bits per heavy atom. The molecule has 1 fully saturated rings. The molecule has 0 aromatic heterocycles. The molecule has 1 atom stereocenters. The van der Waals surface area contributed by atoms with Crippen LogP contribution in [0.5, 0.6) is 0 Å². The first kappa shape index (κ1) is 15.5. The van der Waals surface area contributed by atoms with Crippen molar-refractivity contribution in [1.82, 2.24) is 4.90 Å². The maximum absolute atomic E-state index is 13.9. The van der Waals surface area contributed by atoms with E-state index in [1.807, 2.05) is 6.92 Å². The van der Waals surface area contributed by atoms with Crippen LogP contribution >= 0.6 is 0 Å². The summed E-state index contributed by atoms with van der Waals surface area (Å²) >= 11 is 0. The number of likely N-dealkylation sites (tertiary alicyclic amines) is 1. The predicted molar refractivity (Wildman–Crippen MR) is 76.7 cm³/mol. The summed E-state index contributed by atoms with van der Waals surface area (Å²) in [5.41, 5.74) is 0.913. The molecule has 0 aliphatic carbocycles. The van der Waals surface area contributed by atoms with Crippen molar-refractivity contribution in [2.75, 3.05) is 6.54 Å². The van der Waals surface area contributed by atoms with Gasteiger partial charge in [-0.2, -0.15) is 0 Å². The molecule has 0 spiro atoms. The number of carboxylic acid groups (broad SMARTS) is 1. The molecule has 1 amide bonds. The number of carbonyl (C=O) groups is 2. The van der Waals surface area contributed by atoms with Crippen LogP contribution in [0.25, 0.3) is 0 Å². The third-order valence-electron chi connectivity index (χ3n) is 3.93. The molecule has 0 radical (unpaired) electrons. The van der Waals surface area contributed by atoms with E-state index >= 15 is 0 Å². The SMILES string of the molecule is Cc1ccc(F)c(C(=O)N2CCCC[C@@H]2CCC(=O)O)c1. The van der Waals surface area contributed by atoms with Crippen LogP contribution in [0.1, 0.15) is 48.0 Å². The lowest BCUT2D eigenvalue weighted by atomic mass is 9.96. The van der Waals surface area contributed by atoms with Crippen molar-refractivity contribution in [3.8, 4) is 0 Å². The highest BCUT2D eigenvalue weighted by atomic mass is 19.1. The van der Waals surface area contributed by atoms with Crippen molar-refractivity contribution >= 4 is 11.9 Å². The smallest absolute Gasteiger partial charge is 0.303 e. The van der Waals surface area contributed by atoms with E-state index in [0.717, 1.165) is 24.8 Å². The number of aliphatic carboxylic acids is 1. The van der Waals surface area contributed by atoms with E-state index in [-0.39, 0.29) is 23.9 Å². The second-order valence-electron chi connectivity index (χ2n) is 5.56. The van der Waals surface area contributed by atoms with Gasteiger partial charge in [0.1, 0.15) is 5.82 Å². The van der Waals surface area contributed by atoms with Gasteiger partial charge in [0.15, 0.2) is 0 Å². The summed E-state index contributed by atoms with van der Waals surface area (Å²) in [4.78, 5) is 24.9. The summed E-state index contributed by atoms with van der Waals surface area (Å²) in [6.45, 7) is 2.38. The molecule has 1 aromatic rings. The summed E-state index contributed by atoms with van der Waals surface area (Å²) in [6.07, 6.45) is 3.10. The van der Waals surface area contributed by atoms with Crippen LogP contribution in [0.15, 0.2) is 18.2 Å². The minimum Gasteiger partial charge on any atom is -0.481 e. The largest absolute Gasteiger partial charge is 0.481 e. The van der Waals surface area contributed by atoms with Crippen LogP contribution in [-0.4, -0.2) is 34.5 Å². The molecule has 1 saturated heterocycles. The fourth-order valence-electron chi connectivity index (χ4n) is 2.82. The molecular weight excluding hydrogens is 273 g/mol. The number of rotatable bonds is 4. The number of carbonyl (C=O) groups excluding carboxylic acids is 1. The zero-order chi connectivity index (χ0) is 15.4. The van der Waals surface area contributed by atoms with Gasteiger partial charge in [-0.1, -0.05) is 11.6 Å². The Bertz CT molecular complexity index is 544. The summed E-state index contributed by atoms with van der Waals surface area (Å²) in [6, 6.07) is 4.38. The minimum atomic E-state index is -0.866. The standard InChI is InChI=1S/C16H20FNO3/c1-11-5-7-14(17)13(10-11)16(21)18-9-3-2-4-12(18)6-8-15(19)20/h5,7,10,12H,2-4,6,8-9H2,1H3,(H,19,20)/t12-/m1/s1. The van der Waals surface area contributed by atoms with Crippen LogP contribution < -0.4 is 0 Å². The number of hydrogen-bond donors (Lipinski definition) is 1. The van der Waals surface area contributed by atoms with E-state index in [9.17, 15) is 14.0 Å². The number of amides is 1. The fourth-order valence-corrected chi connectivity index (χ4v) is 2.82. The zero-order valence-corrected chi connectivity index (χ0v) is 12.1. The monoisotopic (exact) mass is 293 g/mol. The third-order valence-corrected chi connectivity index (χ3v) is 3.93. The Kier molecular flexibility index (Phi) is 4.94. The van der Waals surface area contributed by atoms with E-state index in [4.69, 9.17) is 5.11 Å². The highest BCUT2D eigenvalue weighted by Crippen LogP contribution is 2.24. The second-order valence-corrected chi connectivity index (χ2v) is 5.56. The molecule has 1 aromatic carbocycles. The lowest BCUT2D eigenvalue weighted by molar-refractivity contribution is -0.137. The first-order valence-corrected chi connectivity index (χ1v) is 7.28. The van der Waals surface area contributed by atoms with Gasteiger partial charge in [-0.05, 0) is 44.7 Å². The first-order chi connectivity index (χ1) is 9.99. The average Bonchev–Trinajstić information content (AvgIpc) is 2.47. The van der Waals surface area contributed by atoms with Crippen LogP contribution in [-0.2, 0) is 4.79 Å². The van der Waals surface area contributed by atoms with Gasteiger partial charge in [0.25, 0.3) is 5.91 Å². The molecule has 0 unspecified atom stereocenters. The highest BCUT2D eigenvalue weighted by Gasteiger charge is 2.29. The summed E-state index contributed by atoms with van der Waals surface area (Å²) in [7, 11) is 0. The Morgan fingerprint density at radius 1 is 1.38 bits per heavy atom. The van der Waals surface area contributed by atoms with Gasteiger partial charge >= 0.3 is 5.97 Å². The third kappa shape index (κ3) is 3.80. The van der Waals surface area contributed by atoms with E-state index in [1.165, 1.54) is 6.07 Å². The van der Waals surface area contributed by atoms with E-state index in [2.05, 4.69) is 0 Å². The maximum atomic E-state index is 13.9. The lowest BCUT2D eigenvalue weighted by Crippen LogP contribution is -2.44. The van der Waals surface area contributed by atoms with Crippen LogP contribution in [0.4, 0.5) is 4.39 Å². The Hall–Kier alpha value is -1.91. The van der Waals surface area contributed by atoms with Gasteiger partial charge in [-0.3, -0.25) is 9.59 Å². The van der Waals surface area contributed by atoms with Crippen molar-refractivity contribution in [3.05, 3.63) is 35.1 Å². The summed E-state index contributed by atoms with van der Waals surface area (Å²) in [5.74, 6) is -1.71. The predicted octanol–water partition coefficient (Wildman–Crippen LogP) is 2.99. The van der Waals surface area contributed by atoms with Gasteiger partial charge in [-0.15, -0.1) is 0 Å². The van der Waals surface area contributed by atoms with Crippen LogP contribution in [0, 0.1) is 12.7 Å². The number of hydrogen-bond acceptors (Lipinski definition) is 2. The van der Waals surface area contributed by atoms with Crippen molar-refractivity contribution in [2.45, 2.75) is 45.1 Å². The Morgan fingerprint density at radius 2 is 2.14 bits per heavy atom.